The first-order valence-electron chi connectivity index (χ1n) is 6.95. The highest BCUT2D eigenvalue weighted by molar-refractivity contribution is 5.86. The molecule has 0 aromatic heterocycles. The number of hydrogen-bond donors (Lipinski definition) is 0. The number of esters is 2. The second-order valence-electron chi connectivity index (χ2n) is 4.52. The summed E-state index contributed by atoms with van der Waals surface area (Å²) in [7, 11) is 1.33. The van der Waals surface area contributed by atoms with Crippen molar-refractivity contribution < 1.29 is 19.1 Å². The van der Waals surface area contributed by atoms with Crippen molar-refractivity contribution in [2.24, 2.45) is 5.92 Å². The molecule has 0 bridgehead atoms. The first-order valence-corrected chi connectivity index (χ1v) is 6.95. The monoisotopic (exact) mass is 284 g/mol. The normalized spacial score (nSPS) is 10.6. The third kappa shape index (κ3) is 12.9. The zero-order valence-electron chi connectivity index (χ0n) is 13.2. The van der Waals surface area contributed by atoms with Crippen LogP contribution < -0.4 is 0 Å². The highest BCUT2D eigenvalue weighted by Gasteiger charge is 2.07. The summed E-state index contributed by atoms with van der Waals surface area (Å²) < 4.78 is 9.26. The topological polar surface area (TPSA) is 52.6 Å². The Morgan fingerprint density at radius 1 is 1.30 bits per heavy atom. The van der Waals surface area contributed by atoms with Gasteiger partial charge in [-0.1, -0.05) is 46.3 Å². The third-order valence-electron chi connectivity index (χ3n) is 2.71. The summed E-state index contributed by atoms with van der Waals surface area (Å²) in [5.41, 5.74) is 0.433. The van der Waals surface area contributed by atoms with Gasteiger partial charge in [-0.15, -0.1) is 0 Å². The van der Waals surface area contributed by atoms with E-state index in [4.69, 9.17) is 4.74 Å². The molecule has 1 unspecified atom stereocenters. The van der Waals surface area contributed by atoms with Gasteiger partial charge in [0.2, 0.25) is 0 Å². The van der Waals surface area contributed by atoms with Crippen LogP contribution in [0.3, 0.4) is 0 Å². The van der Waals surface area contributed by atoms with Gasteiger partial charge in [-0.05, 0) is 19.3 Å². The molecule has 0 fully saturated rings. The fourth-order valence-corrected chi connectivity index (χ4v) is 1.33. The zero-order chi connectivity index (χ0) is 16.0. The highest BCUT2D eigenvalue weighted by atomic mass is 16.5. The Morgan fingerprint density at radius 2 is 1.90 bits per heavy atom. The van der Waals surface area contributed by atoms with Crippen LogP contribution in [0.4, 0.5) is 0 Å². The molecule has 0 aromatic rings. The smallest absolute Gasteiger partial charge is 0.332 e. The van der Waals surface area contributed by atoms with E-state index in [0.717, 1.165) is 12.8 Å². The van der Waals surface area contributed by atoms with Gasteiger partial charge in [-0.2, -0.15) is 0 Å². The van der Waals surface area contributed by atoms with Crippen LogP contribution in [0.5, 0.6) is 0 Å². The lowest BCUT2D eigenvalue weighted by Gasteiger charge is -2.13. The maximum Gasteiger partial charge on any atom is 0.332 e. The third-order valence-corrected chi connectivity index (χ3v) is 2.71. The number of carbonyl (C=O) groups is 2. The molecular formula is C16H28O4. The molecule has 0 rings (SSSR count). The van der Waals surface area contributed by atoms with Crippen LogP contribution >= 0.6 is 0 Å². The Labute approximate surface area is 122 Å². The van der Waals surface area contributed by atoms with Gasteiger partial charge in [0.1, 0.15) is 0 Å². The Kier molecular flexibility index (Phi) is 14.3. The number of rotatable bonds is 8. The zero-order valence-corrected chi connectivity index (χ0v) is 13.2. The minimum Gasteiger partial charge on any atom is -0.466 e. The average molecular weight is 284 g/mol. The average Bonchev–Trinajstić information content (AvgIpc) is 2.46. The van der Waals surface area contributed by atoms with E-state index in [1.165, 1.54) is 26.0 Å². The van der Waals surface area contributed by atoms with Crippen LogP contribution in [-0.4, -0.2) is 25.7 Å². The molecule has 0 aliphatic carbocycles. The van der Waals surface area contributed by atoms with Gasteiger partial charge in [0.05, 0.1) is 13.7 Å². The number of hydrogen-bond acceptors (Lipinski definition) is 4. The van der Waals surface area contributed by atoms with E-state index >= 15 is 0 Å². The van der Waals surface area contributed by atoms with Crippen molar-refractivity contribution in [2.45, 2.75) is 46.5 Å². The van der Waals surface area contributed by atoms with E-state index in [0.29, 0.717) is 18.1 Å². The number of carbonyl (C=O) groups excluding carboxylic acids is 2. The van der Waals surface area contributed by atoms with E-state index in [9.17, 15) is 9.59 Å². The van der Waals surface area contributed by atoms with E-state index in [-0.39, 0.29) is 11.9 Å². The van der Waals surface area contributed by atoms with Crippen LogP contribution in [0, 0.1) is 5.92 Å². The van der Waals surface area contributed by atoms with Crippen LogP contribution in [-0.2, 0) is 19.1 Å². The van der Waals surface area contributed by atoms with Crippen LogP contribution in [0.25, 0.3) is 0 Å². The summed E-state index contributed by atoms with van der Waals surface area (Å²) in [5, 5.41) is 0. The molecular weight excluding hydrogens is 256 g/mol. The summed E-state index contributed by atoms with van der Waals surface area (Å²) >= 11 is 0. The molecule has 0 radical (unpaired) electrons. The van der Waals surface area contributed by atoms with Crippen molar-refractivity contribution in [3.8, 4) is 0 Å². The quantitative estimate of drug-likeness (QED) is 0.504. The Bertz CT molecular complexity index is 308. The van der Waals surface area contributed by atoms with Gasteiger partial charge < -0.3 is 9.47 Å². The lowest BCUT2D eigenvalue weighted by Crippen LogP contribution is -2.12. The highest BCUT2D eigenvalue weighted by Crippen LogP contribution is 2.12. The first-order chi connectivity index (χ1) is 9.42. The summed E-state index contributed by atoms with van der Waals surface area (Å²) in [6.45, 7) is 13.1. The lowest BCUT2D eigenvalue weighted by atomic mass is 10.0. The summed E-state index contributed by atoms with van der Waals surface area (Å²) in [6, 6.07) is 0. The molecule has 0 heterocycles. The molecule has 0 N–H and O–H groups in total. The fraction of sp³-hybridized carbons (Fsp3) is 0.625. The molecule has 0 amide bonds. The molecule has 1 atom stereocenters. The second-order valence-corrected chi connectivity index (χ2v) is 4.52. The largest absolute Gasteiger partial charge is 0.466 e. The van der Waals surface area contributed by atoms with E-state index in [1.54, 1.807) is 6.92 Å². The molecule has 0 aliphatic rings. The summed E-state index contributed by atoms with van der Waals surface area (Å²) in [6.07, 6.45) is 5.85. The predicted molar refractivity (Wildman–Crippen MR) is 81.3 cm³/mol. The maximum atomic E-state index is 10.8. The van der Waals surface area contributed by atoms with Crippen LogP contribution in [0.2, 0.25) is 0 Å². The van der Waals surface area contributed by atoms with Gasteiger partial charge in [0.25, 0.3) is 0 Å². The van der Waals surface area contributed by atoms with E-state index in [1.807, 2.05) is 0 Å². The van der Waals surface area contributed by atoms with Gasteiger partial charge >= 0.3 is 11.9 Å². The lowest BCUT2D eigenvalue weighted by molar-refractivity contribution is -0.139. The summed E-state index contributed by atoms with van der Waals surface area (Å²) in [4.78, 5) is 21.0. The molecule has 0 aliphatic heterocycles. The molecule has 4 nitrogen and oxygen atoms in total. The van der Waals surface area contributed by atoms with Crippen molar-refractivity contribution in [1.82, 2.24) is 0 Å². The minimum absolute atomic E-state index is 0.310. The number of methoxy groups -OCH3 is 1. The molecule has 0 saturated heterocycles. The van der Waals surface area contributed by atoms with Gasteiger partial charge in [-0.25, -0.2) is 9.59 Å². The van der Waals surface area contributed by atoms with Crippen molar-refractivity contribution in [3.05, 3.63) is 24.8 Å². The van der Waals surface area contributed by atoms with Crippen molar-refractivity contribution in [1.29, 1.82) is 0 Å². The molecule has 20 heavy (non-hydrogen) atoms. The maximum absolute atomic E-state index is 10.8. The number of unbranched alkanes of at least 4 members (excludes halogenated alkanes) is 1. The Hall–Kier alpha value is -1.58. The molecule has 0 aromatic carbocycles. The summed E-state index contributed by atoms with van der Waals surface area (Å²) in [5.74, 6) is -0.140. The Morgan fingerprint density at radius 3 is 2.20 bits per heavy atom. The van der Waals surface area contributed by atoms with Gasteiger partial charge in [0, 0.05) is 11.6 Å². The van der Waals surface area contributed by atoms with Gasteiger partial charge in [0.15, 0.2) is 0 Å². The van der Waals surface area contributed by atoms with E-state index < -0.39 is 0 Å². The standard InChI is InChI=1S/C11H20O2.C5H8O2/c1-4-7-8-10(5-2)9-13-11(12)6-3;1-4(2)5(6)7-3/h6,10H,3-5,7-9H2,1-2H3;1H2,2-3H3. The first kappa shape index (κ1) is 20.7. The van der Waals surface area contributed by atoms with E-state index in [2.05, 4.69) is 31.7 Å². The Balaban J connectivity index is 0. The van der Waals surface area contributed by atoms with Crippen LogP contribution in [0.1, 0.15) is 46.5 Å². The minimum atomic E-state index is -0.347. The van der Waals surface area contributed by atoms with Gasteiger partial charge in [-0.3, -0.25) is 0 Å². The predicted octanol–water partition coefficient (Wildman–Crippen LogP) is 3.67. The van der Waals surface area contributed by atoms with Crippen molar-refractivity contribution in [2.75, 3.05) is 13.7 Å². The number of ether oxygens (including phenoxy) is 2. The molecule has 0 spiro atoms. The molecule has 0 saturated carbocycles. The van der Waals surface area contributed by atoms with Crippen LogP contribution in [0.15, 0.2) is 24.8 Å². The van der Waals surface area contributed by atoms with Crippen molar-refractivity contribution >= 4 is 11.9 Å². The molecule has 4 heteroatoms. The second kappa shape index (κ2) is 13.8. The molecule has 116 valence electrons. The fourth-order valence-electron chi connectivity index (χ4n) is 1.33. The SMILES string of the molecule is C=C(C)C(=O)OC.C=CC(=O)OCC(CC)CCCC. The van der Waals surface area contributed by atoms with Crippen molar-refractivity contribution in [3.63, 3.8) is 0 Å².